The summed E-state index contributed by atoms with van der Waals surface area (Å²) in [7, 11) is 1.64. The number of quaternary nitrogens is 1. The van der Waals surface area contributed by atoms with Gasteiger partial charge in [-0.2, -0.15) is 0 Å². The van der Waals surface area contributed by atoms with Crippen LogP contribution in [0.2, 0.25) is 0 Å². The molecule has 1 N–H and O–H groups in total. The molecule has 9 heteroatoms. The molecule has 0 aliphatic carbocycles. The van der Waals surface area contributed by atoms with Gasteiger partial charge < -0.3 is 18.9 Å². The van der Waals surface area contributed by atoms with Crippen molar-refractivity contribution in [3.05, 3.63) is 72.9 Å². The van der Waals surface area contributed by atoms with Crippen LogP contribution in [-0.4, -0.2) is 75.6 Å². The van der Waals surface area contributed by atoms with E-state index >= 15 is 0 Å². The van der Waals surface area contributed by atoms with Crippen LogP contribution >= 0.6 is 7.82 Å². The Hall–Kier alpha value is -2.06. The third kappa shape index (κ3) is 49.0. The van der Waals surface area contributed by atoms with Crippen molar-refractivity contribution in [2.24, 2.45) is 0 Å². The van der Waals surface area contributed by atoms with Crippen LogP contribution in [0.3, 0.4) is 0 Å². The third-order valence-electron chi connectivity index (χ3n) is 10.5. The topological polar surface area (TPSA) is 91.3 Å². The van der Waals surface area contributed by atoms with Crippen molar-refractivity contribution in [1.29, 1.82) is 0 Å². The zero-order valence-electron chi connectivity index (χ0n) is 40.8. The molecule has 0 saturated heterocycles. The van der Waals surface area contributed by atoms with Gasteiger partial charge in [0.1, 0.15) is 19.3 Å². The molecule has 2 atom stereocenters. The highest BCUT2D eigenvalue weighted by molar-refractivity contribution is 7.47. The van der Waals surface area contributed by atoms with Crippen LogP contribution < -0.4 is 0 Å². The Kier molecular flexibility index (Phi) is 44.0. The fourth-order valence-corrected chi connectivity index (χ4v) is 7.37. The van der Waals surface area contributed by atoms with Gasteiger partial charge in [0.15, 0.2) is 0 Å². The van der Waals surface area contributed by atoms with Crippen LogP contribution in [-0.2, 0) is 27.9 Å². The predicted octanol–water partition coefficient (Wildman–Crippen LogP) is 15.4. The van der Waals surface area contributed by atoms with Gasteiger partial charge in [-0.3, -0.25) is 13.8 Å². The highest BCUT2D eigenvalue weighted by Crippen LogP contribution is 2.43. The number of hydrogen-bond acceptors (Lipinski definition) is 6. The molecule has 0 bridgehead atoms. The molecule has 0 aliphatic heterocycles. The van der Waals surface area contributed by atoms with Gasteiger partial charge in [-0.05, 0) is 83.5 Å². The normalized spacial score (nSPS) is 14.2. The average molecular weight is 891 g/mol. The van der Waals surface area contributed by atoms with Gasteiger partial charge in [0.2, 0.25) is 0 Å². The second-order valence-corrected chi connectivity index (χ2v) is 19.3. The van der Waals surface area contributed by atoms with Gasteiger partial charge >= 0.3 is 13.8 Å². The number of unbranched alkanes of at least 4 members (excludes halogenated alkanes) is 20. The molecule has 0 amide bonds. The van der Waals surface area contributed by atoms with Gasteiger partial charge in [0.05, 0.1) is 34.4 Å². The van der Waals surface area contributed by atoms with Crippen molar-refractivity contribution in [3.8, 4) is 0 Å². The SMILES string of the molecule is CC/C=C\C/C=C\C/C=C\C/C=C\C/C=C\CCCCCCCC(=O)OC(COCCCCCCCCCC/C=C\CCCCCCCCC)COP(=O)(O)OCC[N+](C)(C)C. The summed E-state index contributed by atoms with van der Waals surface area (Å²) in [5.74, 6) is -0.334. The van der Waals surface area contributed by atoms with Gasteiger partial charge in [-0.15, -0.1) is 0 Å². The molecule has 0 spiro atoms. The van der Waals surface area contributed by atoms with E-state index in [0.29, 0.717) is 24.1 Å². The van der Waals surface area contributed by atoms with Crippen LogP contribution in [0.5, 0.6) is 0 Å². The zero-order valence-corrected chi connectivity index (χ0v) is 41.7. The summed E-state index contributed by atoms with van der Waals surface area (Å²) in [6.07, 6.45) is 59.4. The van der Waals surface area contributed by atoms with E-state index in [-0.39, 0.29) is 25.8 Å². The summed E-state index contributed by atoms with van der Waals surface area (Å²) >= 11 is 0. The molecule has 0 saturated carbocycles. The molecular weight excluding hydrogens is 794 g/mol. The van der Waals surface area contributed by atoms with E-state index in [1.165, 1.54) is 96.3 Å². The molecule has 360 valence electrons. The Bertz CT molecular complexity index is 1220. The first kappa shape index (κ1) is 59.9. The standard InChI is InChI=1S/C53H96NO7P/c1-6-8-10-12-14-16-18-20-22-24-26-27-28-30-32-34-36-38-40-42-44-46-53(55)61-52(51-60-62(56,57)59-49-47-54(3,4)5)50-58-48-45-43-41-39-37-35-33-31-29-25-23-21-19-17-15-13-11-9-7-2/h8,10,14,16,20,22-23,25-27,30,32,52H,6-7,9,11-13,15,17-19,21,24,28-29,31,33-51H2,1-5H3/p+1/b10-8-,16-14-,22-20-,25-23-,27-26-,32-30-. The van der Waals surface area contributed by atoms with E-state index in [1.807, 2.05) is 21.1 Å². The Morgan fingerprint density at radius 2 is 0.935 bits per heavy atom. The Morgan fingerprint density at radius 3 is 1.42 bits per heavy atom. The lowest BCUT2D eigenvalue weighted by Gasteiger charge is -2.24. The summed E-state index contributed by atoms with van der Waals surface area (Å²) in [6, 6.07) is 0. The lowest BCUT2D eigenvalue weighted by atomic mass is 10.1. The van der Waals surface area contributed by atoms with Crippen molar-refractivity contribution in [3.63, 3.8) is 0 Å². The molecule has 0 aromatic heterocycles. The Labute approximate surface area is 383 Å². The molecule has 0 aromatic rings. The molecule has 0 aromatic carbocycles. The summed E-state index contributed by atoms with van der Waals surface area (Å²) in [5, 5.41) is 0. The molecule has 8 nitrogen and oxygen atoms in total. The van der Waals surface area contributed by atoms with Crippen molar-refractivity contribution in [2.75, 3.05) is 54.1 Å². The maximum absolute atomic E-state index is 12.8. The molecule has 0 fully saturated rings. The second kappa shape index (κ2) is 45.5. The van der Waals surface area contributed by atoms with Crippen LogP contribution in [0.25, 0.3) is 0 Å². The molecule has 62 heavy (non-hydrogen) atoms. The Balaban J connectivity index is 4.22. The fourth-order valence-electron chi connectivity index (χ4n) is 6.63. The van der Waals surface area contributed by atoms with Crippen LogP contribution in [0.1, 0.15) is 200 Å². The van der Waals surface area contributed by atoms with Gasteiger partial charge in [-0.25, -0.2) is 4.57 Å². The van der Waals surface area contributed by atoms with Crippen LogP contribution in [0.15, 0.2) is 72.9 Å². The van der Waals surface area contributed by atoms with E-state index in [2.05, 4.69) is 86.8 Å². The smallest absolute Gasteiger partial charge is 0.457 e. The largest absolute Gasteiger partial charge is 0.472 e. The highest BCUT2D eigenvalue weighted by Gasteiger charge is 2.26. The Morgan fingerprint density at radius 1 is 0.516 bits per heavy atom. The monoisotopic (exact) mass is 891 g/mol. The third-order valence-corrected chi connectivity index (χ3v) is 11.5. The number of esters is 1. The number of ether oxygens (including phenoxy) is 2. The van der Waals surface area contributed by atoms with E-state index < -0.39 is 13.9 Å². The highest BCUT2D eigenvalue weighted by atomic mass is 31.2. The van der Waals surface area contributed by atoms with E-state index in [4.69, 9.17) is 18.5 Å². The number of phosphoric acid groups is 1. The van der Waals surface area contributed by atoms with Gasteiger partial charge in [0.25, 0.3) is 0 Å². The van der Waals surface area contributed by atoms with E-state index in [0.717, 1.165) is 83.5 Å². The van der Waals surface area contributed by atoms with Crippen molar-refractivity contribution < 1.29 is 37.3 Å². The number of likely N-dealkylation sites (N-methyl/N-ethyl adjacent to an activating group) is 1. The summed E-state index contributed by atoms with van der Waals surface area (Å²) in [4.78, 5) is 23.0. The minimum atomic E-state index is -4.29. The number of phosphoric ester groups is 1. The molecule has 0 aliphatic rings. The first-order valence-corrected chi connectivity index (χ1v) is 26.7. The van der Waals surface area contributed by atoms with Crippen molar-refractivity contribution >= 4 is 13.8 Å². The van der Waals surface area contributed by atoms with Gasteiger partial charge in [-0.1, -0.05) is 183 Å². The average Bonchev–Trinajstić information content (AvgIpc) is 3.23. The number of carbonyl (C=O) groups is 1. The maximum Gasteiger partial charge on any atom is 0.472 e. The van der Waals surface area contributed by atoms with E-state index in [1.54, 1.807) is 0 Å². The fraction of sp³-hybridized carbons (Fsp3) is 0.755. The summed E-state index contributed by atoms with van der Waals surface area (Å²) < 4.78 is 35.1. The van der Waals surface area contributed by atoms with E-state index in [9.17, 15) is 14.3 Å². The minimum Gasteiger partial charge on any atom is -0.457 e. The van der Waals surface area contributed by atoms with Crippen molar-refractivity contribution in [1.82, 2.24) is 0 Å². The predicted molar refractivity (Wildman–Crippen MR) is 265 cm³/mol. The number of nitrogens with zero attached hydrogens (tertiary/aromatic N) is 1. The first-order chi connectivity index (χ1) is 30.1. The summed E-state index contributed by atoms with van der Waals surface area (Å²) in [6.45, 7) is 5.48. The number of hydrogen-bond donors (Lipinski definition) is 1. The molecule has 0 rings (SSSR count). The number of allylic oxidation sites excluding steroid dienone is 12. The van der Waals surface area contributed by atoms with Gasteiger partial charge in [0, 0.05) is 13.0 Å². The minimum absolute atomic E-state index is 0.0807. The zero-order chi connectivity index (χ0) is 45.5. The first-order valence-electron chi connectivity index (χ1n) is 25.2. The van der Waals surface area contributed by atoms with Crippen molar-refractivity contribution in [2.45, 2.75) is 206 Å². The summed E-state index contributed by atoms with van der Waals surface area (Å²) in [5.41, 5.74) is 0. The molecule has 0 heterocycles. The second-order valence-electron chi connectivity index (χ2n) is 17.8. The number of rotatable bonds is 46. The lowest BCUT2D eigenvalue weighted by Crippen LogP contribution is -2.37. The lowest BCUT2D eigenvalue weighted by molar-refractivity contribution is -0.870. The molecule has 0 radical (unpaired) electrons. The van der Waals surface area contributed by atoms with Crippen LogP contribution in [0, 0.1) is 0 Å². The molecular formula is C53H97NO7P+. The molecule has 2 unspecified atom stereocenters. The maximum atomic E-state index is 12.8. The number of carbonyl (C=O) groups excluding carboxylic acids is 1. The van der Waals surface area contributed by atoms with Crippen LogP contribution in [0.4, 0.5) is 0 Å². The quantitative estimate of drug-likeness (QED) is 0.0214.